The van der Waals surface area contributed by atoms with Crippen molar-refractivity contribution in [1.29, 1.82) is 0 Å². The van der Waals surface area contributed by atoms with Gasteiger partial charge in [-0.3, -0.25) is 4.79 Å². The molecule has 0 aliphatic carbocycles. The quantitative estimate of drug-likeness (QED) is 0.695. The van der Waals surface area contributed by atoms with E-state index in [1.807, 2.05) is 11.9 Å². The predicted octanol–water partition coefficient (Wildman–Crippen LogP) is 0.858. The van der Waals surface area contributed by atoms with Crippen LogP contribution in [0.3, 0.4) is 0 Å². The Balaban J connectivity index is 2.24. The van der Waals surface area contributed by atoms with Crippen LogP contribution >= 0.6 is 0 Å². The van der Waals surface area contributed by atoms with Gasteiger partial charge in [-0.05, 0) is 31.8 Å². The van der Waals surface area contributed by atoms with Crippen molar-refractivity contribution in [3.63, 3.8) is 0 Å². The number of rotatable bonds is 4. The predicted molar refractivity (Wildman–Crippen MR) is 61.3 cm³/mol. The van der Waals surface area contributed by atoms with Gasteiger partial charge in [-0.1, -0.05) is 0 Å². The summed E-state index contributed by atoms with van der Waals surface area (Å²) in [4.78, 5) is 13.4. The molecule has 0 aromatic carbocycles. The number of piperidine rings is 1. The first-order chi connectivity index (χ1) is 7.24. The summed E-state index contributed by atoms with van der Waals surface area (Å²) in [6.07, 6.45) is 8.51. The van der Waals surface area contributed by atoms with Crippen LogP contribution in [0.25, 0.3) is 0 Å². The van der Waals surface area contributed by atoms with Gasteiger partial charge in [-0.15, -0.1) is 12.3 Å². The second kappa shape index (κ2) is 6.47. The molecule has 0 unspecified atom stereocenters. The number of nitrogens with zero attached hydrogens (tertiary/aromatic N) is 1. The average molecular weight is 208 g/mol. The van der Waals surface area contributed by atoms with E-state index in [2.05, 4.69) is 11.2 Å². The number of terminal acetylenes is 1. The molecule has 0 atom stereocenters. The molecular weight excluding hydrogens is 188 g/mol. The molecule has 84 valence electrons. The van der Waals surface area contributed by atoms with Crippen molar-refractivity contribution < 1.29 is 4.79 Å². The number of carbonyl (C=O) groups excluding carboxylic acids is 1. The van der Waals surface area contributed by atoms with Crippen LogP contribution in [0.4, 0.5) is 0 Å². The van der Waals surface area contributed by atoms with E-state index < -0.39 is 0 Å². The molecule has 0 saturated carbocycles. The molecule has 0 radical (unpaired) electrons. The summed E-state index contributed by atoms with van der Waals surface area (Å²) in [5, 5.41) is 3.32. The molecule has 0 bridgehead atoms. The number of carbonyl (C=O) groups is 1. The Labute approximate surface area is 92.2 Å². The maximum atomic E-state index is 11.6. The van der Waals surface area contributed by atoms with Crippen molar-refractivity contribution in [3.8, 4) is 12.3 Å². The van der Waals surface area contributed by atoms with Crippen LogP contribution in [0.2, 0.25) is 0 Å². The fourth-order valence-corrected chi connectivity index (χ4v) is 1.92. The highest BCUT2D eigenvalue weighted by atomic mass is 16.2. The average Bonchev–Trinajstić information content (AvgIpc) is 2.27. The van der Waals surface area contributed by atoms with Gasteiger partial charge in [-0.25, -0.2) is 0 Å². The largest absolute Gasteiger partial charge is 0.345 e. The Morgan fingerprint density at radius 2 is 2.20 bits per heavy atom. The van der Waals surface area contributed by atoms with Crippen LogP contribution in [0.15, 0.2) is 0 Å². The minimum Gasteiger partial charge on any atom is -0.345 e. The summed E-state index contributed by atoms with van der Waals surface area (Å²) in [5.41, 5.74) is 0. The Bertz CT molecular complexity index is 238. The molecule has 1 fully saturated rings. The van der Waals surface area contributed by atoms with Crippen molar-refractivity contribution in [2.24, 2.45) is 5.92 Å². The normalized spacial score (nSPS) is 17.1. The first kappa shape index (κ1) is 12.1. The molecule has 1 rings (SSSR count). The van der Waals surface area contributed by atoms with Gasteiger partial charge >= 0.3 is 0 Å². The SMILES string of the molecule is C#CCCC(=O)N(C)CC1CCNCC1. The zero-order valence-electron chi connectivity index (χ0n) is 9.46. The molecule has 1 heterocycles. The van der Waals surface area contributed by atoms with Gasteiger partial charge in [0, 0.05) is 26.4 Å². The van der Waals surface area contributed by atoms with E-state index in [9.17, 15) is 4.79 Å². The number of nitrogens with one attached hydrogen (secondary N) is 1. The fraction of sp³-hybridized carbons (Fsp3) is 0.750. The summed E-state index contributed by atoms with van der Waals surface area (Å²) in [5.74, 6) is 3.33. The topological polar surface area (TPSA) is 32.3 Å². The third-order valence-electron chi connectivity index (χ3n) is 2.90. The first-order valence-corrected chi connectivity index (χ1v) is 5.62. The van der Waals surface area contributed by atoms with Crippen molar-refractivity contribution >= 4 is 5.91 Å². The smallest absolute Gasteiger partial charge is 0.223 e. The zero-order chi connectivity index (χ0) is 11.1. The highest BCUT2D eigenvalue weighted by Gasteiger charge is 2.17. The van der Waals surface area contributed by atoms with Gasteiger partial charge in [0.25, 0.3) is 0 Å². The minimum absolute atomic E-state index is 0.173. The van der Waals surface area contributed by atoms with Gasteiger partial charge < -0.3 is 10.2 Å². The Hall–Kier alpha value is -1.01. The molecule has 15 heavy (non-hydrogen) atoms. The van der Waals surface area contributed by atoms with E-state index >= 15 is 0 Å². The molecule has 1 aliphatic rings. The van der Waals surface area contributed by atoms with Crippen LogP contribution in [-0.4, -0.2) is 37.5 Å². The van der Waals surface area contributed by atoms with Crippen LogP contribution in [0, 0.1) is 18.3 Å². The maximum absolute atomic E-state index is 11.6. The molecular formula is C12H20N2O. The van der Waals surface area contributed by atoms with E-state index in [4.69, 9.17) is 6.42 Å². The molecule has 0 spiro atoms. The monoisotopic (exact) mass is 208 g/mol. The molecule has 1 aliphatic heterocycles. The van der Waals surface area contributed by atoms with Gasteiger partial charge in [0.15, 0.2) is 0 Å². The third kappa shape index (κ3) is 4.35. The zero-order valence-corrected chi connectivity index (χ0v) is 9.46. The highest BCUT2D eigenvalue weighted by Crippen LogP contribution is 2.13. The summed E-state index contributed by atoms with van der Waals surface area (Å²) < 4.78 is 0. The summed E-state index contributed by atoms with van der Waals surface area (Å²) in [6, 6.07) is 0. The van der Waals surface area contributed by atoms with Crippen LogP contribution in [0.5, 0.6) is 0 Å². The third-order valence-corrected chi connectivity index (χ3v) is 2.90. The van der Waals surface area contributed by atoms with Crippen LogP contribution in [0.1, 0.15) is 25.7 Å². The van der Waals surface area contributed by atoms with Crippen molar-refractivity contribution in [1.82, 2.24) is 10.2 Å². The molecule has 3 nitrogen and oxygen atoms in total. The first-order valence-electron chi connectivity index (χ1n) is 5.62. The molecule has 0 aromatic heterocycles. The Kier molecular flexibility index (Phi) is 5.20. The number of amides is 1. The van der Waals surface area contributed by atoms with Gasteiger partial charge in [0.05, 0.1) is 0 Å². The van der Waals surface area contributed by atoms with Gasteiger partial charge in [0.1, 0.15) is 0 Å². The van der Waals surface area contributed by atoms with Gasteiger partial charge in [0.2, 0.25) is 5.91 Å². The van der Waals surface area contributed by atoms with Crippen molar-refractivity contribution in [2.45, 2.75) is 25.7 Å². The maximum Gasteiger partial charge on any atom is 0.223 e. The summed E-state index contributed by atoms with van der Waals surface area (Å²) >= 11 is 0. The minimum atomic E-state index is 0.173. The van der Waals surface area contributed by atoms with Crippen molar-refractivity contribution in [2.75, 3.05) is 26.7 Å². The van der Waals surface area contributed by atoms with Crippen molar-refractivity contribution in [3.05, 3.63) is 0 Å². The molecule has 3 heteroatoms. The molecule has 1 amide bonds. The molecule has 1 saturated heterocycles. The van der Waals surface area contributed by atoms with Gasteiger partial charge in [-0.2, -0.15) is 0 Å². The second-order valence-corrected chi connectivity index (χ2v) is 4.17. The summed E-state index contributed by atoms with van der Waals surface area (Å²) in [7, 11) is 1.88. The number of hydrogen-bond acceptors (Lipinski definition) is 2. The lowest BCUT2D eigenvalue weighted by Gasteiger charge is -2.27. The lowest BCUT2D eigenvalue weighted by Crippen LogP contribution is -2.37. The Morgan fingerprint density at radius 1 is 1.53 bits per heavy atom. The standard InChI is InChI=1S/C12H20N2O/c1-3-4-5-12(15)14(2)10-11-6-8-13-9-7-11/h1,11,13H,4-10H2,2H3. The molecule has 0 aromatic rings. The second-order valence-electron chi connectivity index (χ2n) is 4.17. The lowest BCUT2D eigenvalue weighted by atomic mass is 9.97. The lowest BCUT2D eigenvalue weighted by molar-refractivity contribution is -0.130. The highest BCUT2D eigenvalue weighted by molar-refractivity contribution is 5.76. The van der Waals surface area contributed by atoms with E-state index in [-0.39, 0.29) is 5.91 Å². The fourth-order valence-electron chi connectivity index (χ4n) is 1.92. The van der Waals surface area contributed by atoms with Crippen LogP contribution < -0.4 is 5.32 Å². The molecule has 1 N–H and O–H groups in total. The summed E-state index contributed by atoms with van der Waals surface area (Å²) in [6.45, 7) is 3.04. The van der Waals surface area contributed by atoms with E-state index in [0.29, 0.717) is 18.8 Å². The van der Waals surface area contributed by atoms with E-state index in [1.165, 1.54) is 12.8 Å². The van der Waals surface area contributed by atoms with E-state index in [1.54, 1.807) is 0 Å². The van der Waals surface area contributed by atoms with Crippen LogP contribution in [-0.2, 0) is 4.79 Å². The Morgan fingerprint density at radius 3 is 2.80 bits per heavy atom. The number of hydrogen-bond donors (Lipinski definition) is 1. The van der Waals surface area contributed by atoms with E-state index in [0.717, 1.165) is 19.6 Å².